The normalized spacial score (nSPS) is 21.8. The smallest absolute Gasteiger partial charge is 0.306 e. The predicted molar refractivity (Wildman–Crippen MR) is 87.3 cm³/mol. The molecule has 1 aliphatic carbocycles. The largest absolute Gasteiger partial charge is 0.481 e. The summed E-state index contributed by atoms with van der Waals surface area (Å²) in [5.41, 5.74) is 0.548. The third kappa shape index (κ3) is 4.30. The van der Waals surface area contributed by atoms with Crippen molar-refractivity contribution in [1.29, 1.82) is 0 Å². The molecule has 2 unspecified atom stereocenters. The fourth-order valence-electron chi connectivity index (χ4n) is 2.77. The van der Waals surface area contributed by atoms with E-state index in [4.69, 9.17) is 0 Å². The van der Waals surface area contributed by atoms with Crippen molar-refractivity contribution in [3.05, 3.63) is 32.7 Å². The summed E-state index contributed by atoms with van der Waals surface area (Å²) < 4.78 is 1.55. The van der Waals surface area contributed by atoms with Crippen LogP contribution >= 0.6 is 31.9 Å². The van der Waals surface area contributed by atoms with E-state index in [9.17, 15) is 14.7 Å². The Morgan fingerprint density at radius 1 is 1.24 bits per heavy atom. The summed E-state index contributed by atoms with van der Waals surface area (Å²) in [6.45, 7) is 0.411. The van der Waals surface area contributed by atoms with Crippen LogP contribution < -0.4 is 5.32 Å². The summed E-state index contributed by atoms with van der Waals surface area (Å²) in [4.78, 5) is 23.5. The molecule has 4 nitrogen and oxygen atoms in total. The molecule has 0 aromatic heterocycles. The lowest BCUT2D eigenvalue weighted by molar-refractivity contribution is -0.144. The molecule has 1 aliphatic rings. The molecule has 0 spiro atoms. The summed E-state index contributed by atoms with van der Waals surface area (Å²) in [5.74, 6) is -1.26. The second-order valence-electron chi connectivity index (χ2n) is 5.32. The molecule has 0 radical (unpaired) electrons. The highest BCUT2D eigenvalue weighted by atomic mass is 79.9. The van der Waals surface area contributed by atoms with Gasteiger partial charge in [-0.1, -0.05) is 28.8 Å². The lowest BCUT2D eigenvalue weighted by Crippen LogP contribution is -2.37. The number of rotatable bonds is 4. The monoisotopic (exact) mass is 417 g/mol. The van der Waals surface area contributed by atoms with Crippen molar-refractivity contribution in [3.63, 3.8) is 0 Å². The van der Waals surface area contributed by atoms with E-state index in [0.717, 1.165) is 28.2 Å². The van der Waals surface area contributed by atoms with Gasteiger partial charge in [0.05, 0.1) is 11.5 Å². The Morgan fingerprint density at radius 3 is 2.67 bits per heavy atom. The Hall–Kier alpha value is -0.880. The Bertz CT molecular complexity index is 548. The van der Waals surface area contributed by atoms with Gasteiger partial charge in [-0.3, -0.25) is 9.59 Å². The van der Waals surface area contributed by atoms with Crippen molar-refractivity contribution in [1.82, 2.24) is 5.32 Å². The minimum absolute atomic E-state index is 0.0196. The van der Waals surface area contributed by atoms with E-state index in [1.807, 2.05) is 6.07 Å². The van der Waals surface area contributed by atoms with Crippen LogP contribution in [0, 0.1) is 11.8 Å². The number of carboxylic acid groups (broad SMARTS) is 1. The predicted octanol–water partition coefficient (Wildman–Crippen LogP) is 3.83. The van der Waals surface area contributed by atoms with E-state index in [1.165, 1.54) is 0 Å². The van der Waals surface area contributed by atoms with Gasteiger partial charge in [0.2, 0.25) is 0 Å². The Labute approximate surface area is 140 Å². The van der Waals surface area contributed by atoms with Gasteiger partial charge in [-0.05, 0) is 52.9 Å². The molecule has 2 atom stereocenters. The lowest BCUT2D eigenvalue weighted by Gasteiger charge is -2.28. The van der Waals surface area contributed by atoms with Gasteiger partial charge in [0.25, 0.3) is 5.91 Å². The van der Waals surface area contributed by atoms with Crippen LogP contribution in [0.25, 0.3) is 0 Å². The highest BCUT2D eigenvalue weighted by molar-refractivity contribution is 9.11. The first-order valence-corrected chi connectivity index (χ1v) is 8.53. The first kappa shape index (κ1) is 16.5. The molecule has 1 aromatic rings. The molecule has 114 valence electrons. The summed E-state index contributed by atoms with van der Waals surface area (Å²) in [6.07, 6.45) is 3.55. The molecule has 0 bridgehead atoms. The van der Waals surface area contributed by atoms with Gasteiger partial charge in [0.1, 0.15) is 0 Å². The second kappa shape index (κ2) is 7.40. The van der Waals surface area contributed by atoms with Crippen LogP contribution in [0.3, 0.4) is 0 Å². The zero-order valence-corrected chi connectivity index (χ0v) is 14.6. The van der Waals surface area contributed by atoms with Gasteiger partial charge in [-0.15, -0.1) is 0 Å². The van der Waals surface area contributed by atoms with Gasteiger partial charge in [-0.2, -0.15) is 0 Å². The third-order valence-corrected chi connectivity index (χ3v) is 5.11. The molecule has 0 aliphatic heterocycles. The number of hydrogen-bond acceptors (Lipinski definition) is 2. The van der Waals surface area contributed by atoms with Crippen LogP contribution in [-0.4, -0.2) is 23.5 Å². The maximum absolute atomic E-state index is 12.2. The Kier molecular flexibility index (Phi) is 5.81. The quantitative estimate of drug-likeness (QED) is 0.780. The average Bonchev–Trinajstić information content (AvgIpc) is 2.47. The van der Waals surface area contributed by atoms with E-state index < -0.39 is 5.97 Å². The Balaban J connectivity index is 1.99. The SMILES string of the molecule is O=C(NCC1CCCCC1C(=O)O)c1cc(Br)ccc1Br. The van der Waals surface area contributed by atoms with Crippen LogP contribution in [0.2, 0.25) is 0 Å². The minimum Gasteiger partial charge on any atom is -0.481 e. The highest BCUT2D eigenvalue weighted by Gasteiger charge is 2.30. The molecule has 2 rings (SSSR count). The standard InChI is InChI=1S/C15H17Br2NO3/c16-10-5-6-13(17)12(7-10)14(19)18-8-9-3-1-2-4-11(9)15(20)21/h5-7,9,11H,1-4,8H2,(H,18,19)(H,20,21). The summed E-state index contributed by atoms with van der Waals surface area (Å²) in [6, 6.07) is 5.40. The molecular formula is C15H17Br2NO3. The molecule has 0 saturated heterocycles. The van der Waals surface area contributed by atoms with Crippen molar-refractivity contribution >= 4 is 43.7 Å². The van der Waals surface area contributed by atoms with E-state index in [2.05, 4.69) is 37.2 Å². The number of aliphatic carboxylic acids is 1. The summed E-state index contributed by atoms with van der Waals surface area (Å²) in [7, 11) is 0. The maximum Gasteiger partial charge on any atom is 0.306 e. The first-order chi connectivity index (χ1) is 9.99. The molecule has 1 aromatic carbocycles. The zero-order chi connectivity index (χ0) is 15.4. The van der Waals surface area contributed by atoms with Crippen molar-refractivity contribution in [2.24, 2.45) is 11.8 Å². The molecule has 1 fully saturated rings. The number of hydrogen-bond donors (Lipinski definition) is 2. The number of halogens is 2. The molecule has 2 N–H and O–H groups in total. The van der Waals surface area contributed by atoms with Crippen molar-refractivity contribution in [2.75, 3.05) is 6.54 Å². The van der Waals surface area contributed by atoms with Gasteiger partial charge in [-0.25, -0.2) is 0 Å². The zero-order valence-electron chi connectivity index (χ0n) is 11.4. The van der Waals surface area contributed by atoms with Gasteiger partial charge >= 0.3 is 5.97 Å². The number of benzene rings is 1. The number of carboxylic acids is 1. The first-order valence-electron chi connectivity index (χ1n) is 6.95. The molecule has 0 heterocycles. The van der Waals surface area contributed by atoms with Crippen LogP contribution in [0.5, 0.6) is 0 Å². The van der Waals surface area contributed by atoms with Gasteiger partial charge in [0.15, 0.2) is 0 Å². The van der Waals surface area contributed by atoms with Gasteiger partial charge in [0, 0.05) is 15.5 Å². The summed E-state index contributed by atoms with van der Waals surface area (Å²) in [5, 5.41) is 12.1. The van der Waals surface area contributed by atoms with E-state index in [-0.39, 0.29) is 17.7 Å². The fourth-order valence-corrected chi connectivity index (χ4v) is 3.56. The topological polar surface area (TPSA) is 66.4 Å². The van der Waals surface area contributed by atoms with E-state index in [0.29, 0.717) is 18.5 Å². The number of carbonyl (C=O) groups excluding carboxylic acids is 1. The molecular weight excluding hydrogens is 402 g/mol. The number of carbonyl (C=O) groups is 2. The number of nitrogens with one attached hydrogen (secondary N) is 1. The average molecular weight is 419 g/mol. The fraction of sp³-hybridized carbons (Fsp3) is 0.467. The minimum atomic E-state index is -0.752. The van der Waals surface area contributed by atoms with Crippen molar-refractivity contribution in [2.45, 2.75) is 25.7 Å². The third-order valence-electron chi connectivity index (χ3n) is 3.92. The molecule has 1 saturated carbocycles. The van der Waals surface area contributed by atoms with E-state index >= 15 is 0 Å². The van der Waals surface area contributed by atoms with Crippen molar-refractivity contribution in [3.8, 4) is 0 Å². The second-order valence-corrected chi connectivity index (χ2v) is 7.09. The van der Waals surface area contributed by atoms with Crippen LogP contribution in [0.1, 0.15) is 36.0 Å². The van der Waals surface area contributed by atoms with Crippen LogP contribution in [0.15, 0.2) is 27.1 Å². The van der Waals surface area contributed by atoms with Gasteiger partial charge < -0.3 is 10.4 Å². The highest BCUT2D eigenvalue weighted by Crippen LogP contribution is 2.30. The lowest BCUT2D eigenvalue weighted by atomic mass is 9.79. The summed E-state index contributed by atoms with van der Waals surface area (Å²) >= 11 is 6.70. The van der Waals surface area contributed by atoms with Crippen molar-refractivity contribution < 1.29 is 14.7 Å². The van der Waals surface area contributed by atoms with Crippen LogP contribution in [-0.2, 0) is 4.79 Å². The molecule has 1 amide bonds. The molecule has 21 heavy (non-hydrogen) atoms. The van der Waals surface area contributed by atoms with Crippen LogP contribution in [0.4, 0.5) is 0 Å². The maximum atomic E-state index is 12.2. The molecule has 6 heteroatoms. The number of amides is 1. The Morgan fingerprint density at radius 2 is 1.95 bits per heavy atom. The van der Waals surface area contributed by atoms with E-state index in [1.54, 1.807) is 12.1 Å².